The molecule has 1 atom stereocenters. The number of nitrogens with one attached hydrogen (secondary N) is 1. The van der Waals surface area contributed by atoms with Gasteiger partial charge in [-0.05, 0) is 18.6 Å². The first-order chi connectivity index (χ1) is 9.52. The van der Waals surface area contributed by atoms with Gasteiger partial charge in [-0.15, -0.1) is 0 Å². The smallest absolute Gasteiger partial charge is 0.340 e. The summed E-state index contributed by atoms with van der Waals surface area (Å²) in [5.41, 5.74) is -0.591. The second kappa shape index (κ2) is 5.87. The first kappa shape index (κ1) is 14.3. The number of carbonyl (C=O) groups excluding carboxylic acids is 1. The van der Waals surface area contributed by atoms with Gasteiger partial charge in [-0.1, -0.05) is 6.07 Å². The van der Waals surface area contributed by atoms with Crippen LogP contribution in [0.3, 0.4) is 0 Å². The maximum atomic E-state index is 13.5. The van der Waals surface area contributed by atoms with Gasteiger partial charge in [-0.2, -0.15) is 0 Å². The normalized spacial score (nSPS) is 18.1. The second-order valence-corrected chi connectivity index (χ2v) is 4.49. The van der Waals surface area contributed by atoms with Crippen molar-refractivity contribution in [2.45, 2.75) is 12.5 Å². The molecule has 0 radical (unpaired) electrons. The van der Waals surface area contributed by atoms with Crippen LogP contribution in [0.1, 0.15) is 16.8 Å². The van der Waals surface area contributed by atoms with Gasteiger partial charge < -0.3 is 20.1 Å². The Kier molecular flexibility index (Phi) is 4.19. The lowest BCUT2D eigenvalue weighted by molar-refractivity contribution is 0.0693. The van der Waals surface area contributed by atoms with Gasteiger partial charge in [0.1, 0.15) is 11.4 Å². The molecule has 1 aliphatic heterocycles. The molecule has 0 bridgehead atoms. The molecule has 1 aromatic rings. The quantitative estimate of drug-likeness (QED) is 0.885. The zero-order valence-electron chi connectivity index (χ0n) is 10.9. The number of carboxylic acid groups (broad SMARTS) is 1. The third kappa shape index (κ3) is 2.88. The maximum Gasteiger partial charge on any atom is 0.340 e. The minimum absolute atomic E-state index is 0.0211. The number of carboxylic acids is 1. The summed E-state index contributed by atoms with van der Waals surface area (Å²) in [6, 6.07) is 3.28. The number of likely N-dealkylation sites (tertiary alicyclic amines) is 1. The molecule has 1 unspecified atom stereocenters. The topological polar surface area (TPSA) is 78.9 Å². The summed E-state index contributed by atoms with van der Waals surface area (Å²) < 4.78 is 18.6. The Balaban J connectivity index is 2.13. The van der Waals surface area contributed by atoms with E-state index in [1.54, 1.807) is 7.11 Å². The second-order valence-electron chi connectivity index (χ2n) is 4.49. The van der Waals surface area contributed by atoms with Crippen molar-refractivity contribution in [3.63, 3.8) is 0 Å². The zero-order valence-corrected chi connectivity index (χ0v) is 10.9. The Labute approximate surface area is 115 Å². The summed E-state index contributed by atoms with van der Waals surface area (Å²) in [5, 5.41) is 11.4. The molecule has 1 heterocycles. The predicted octanol–water partition coefficient (Wildman–Crippen LogP) is 1.78. The van der Waals surface area contributed by atoms with Crippen molar-refractivity contribution in [2.75, 3.05) is 25.5 Å². The average molecular weight is 282 g/mol. The van der Waals surface area contributed by atoms with Gasteiger partial charge in [0.2, 0.25) is 0 Å². The van der Waals surface area contributed by atoms with Gasteiger partial charge in [-0.25, -0.2) is 14.0 Å². The van der Waals surface area contributed by atoms with Crippen LogP contribution < -0.4 is 5.32 Å². The van der Waals surface area contributed by atoms with Crippen molar-refractivity contribution < 1.29 is 23.8 Å². The Hall–Kier alpha value is -2.15. The van der Waals surface area contributed by atoms with Crippen molar-refractivity contribution in [3.05, 3.63) is 29.6 Å². The van der Waals surface area contributed by atoms with Crippen LogP contribution in [-0.2, 0) is 4.74 Å². The van der Waals surface area contributed by atoms with Crippen LogP contribution in [0.4, 0.5) is 14.9 Å². The zero-order chi connectivity index (χ0) is 14.7. The number of hydrogen-bond donors (Lipinski definition) is 2. The molecule has 2 rings (SSSR count). The van der Waals surface area contributed by atoms with Crippen molar-refractivity contribution >= 4 is 17.7 Å². The van der Waals surface area contributed by atoms with Crippen LogP contribution in [0.5, 0.6) is 0 Å². The van der Waals surface area contributed by atoms with Gasteiger partial charge >= 0.3 is 12.0 Å². The molecule has 0 spiro atoms. The Morgan fingerprint density at radius 3 is 2.85 bits per heavy atom. The van der Waals surface area contributed by atoms with Gasteiger partial charge in [-0.3, -0.25) is 0 Å². The number of urea groups is 1. The number of aromatic carboxylic acids is 1. The predicted molar refractivity (Wildman–Crippen MR) is 69.4 cm³/mol. The Morgan fingerprint density at radius 1 is 1.50 bits per heavy atom. The van der Waals surface area contributed by atoms with E-state index in [-0.39, 0.29) is 11.8 Å². The number of nitrogens with zero attached hydrogens (tertiary/aromatic N) is 1. The fraction of sp³-hybridized carbons (Fsp3) is 0.385. The summed E-state index contributed by atoms with van der Waals surface area (Å²) in [6.07, 6.45) is 0.700. The van der Waals surface area contributed by atoms with Crippen molar-refractivity contribution in [1.82, 2.24) is 4.90 Å². The molecule has 1 aromatic carbocycles. The highest BCUT2D eigenvalue weighted by molar-refractivity contribution is 6.00. The number of rotatable bonds is 3. The minimum Gasteiger partial charge on any atom is -0.478 e. The summed E-state index contributed by atoms with van der Waals surface area (Å²) in [5.74, 6) is -2.30. The number of benzene rings is 1. The Bertz CT molecular complexity index is 535. The van der Waals surface area contributed by atoms with E-state index in [4.69, 9.17) is 9.84 Å². The van der Waals surface area contributed by atoms with Crippen LogP contribution in [-0.4, -0.2) is 48.3 Å². The van der Waals surface area contributed by atoms with Crippen LogP contribution in [0, 0.1) is 5.82 Å². The van der Waals surface area contributed by atoms with E-state index in [0.717, 1.165) is 12.5 Å². The number of anilines is 1. The van der Waals surface area contributed by atoms with Gasteiger partial charge in [0.15, 0.2) is 0 Å². The summed E-state index contributed by atoms with van der Waals surface area (Å²) in [6.45, 7) is 0.947. The highest BCUT2D eigenvalue weighted by Crippen LogP contribution is 2.20. The first-order valence-electron chi connectivity index (χ1n) is 6.13. The van der Waals surface area contributed by atoms with Crippen molar-refractivity contribution in [3.8, 4) is 0 Å². The van der Waals surface area contributed by atoms with Crippen molar-refractivity contribution in [1.29, 1.82) is 0 Å². The molecule has 0 saturated carbocycles. The number of amides is 2. The molecule has 2 amide bonds. The number of methoxy groups -OCH3 is 1. The van der Waals surface area contributed by atoms with E-state index in [9.17, 15) is 14.0 Å². The van der Waals surface area contributed by atoms with E-state index in [1.807, 2.05) is 0 Å². The van der Waals surface area contributed by atoms with E-state index < -0.39 is 23.4 Å². The molecule has 6 nitrogen and oxygen atoms in total. The first-order valence-corrected chi connectivity index (χ1v) is 6.13. The monoisotopic (exact) mass is 282 g/mol. The molecule has 0 aliphatic carbocycles. The molecule has 20 heavy (non-hydrogen) atoms. The van der Waals surface area contributed by atoms with Crippen LogP contribution in [0.25, 0.3) is 0 Å². The SMILES string of the molecule is COC1CCN(C(=O)Nc2cccc(F)c2C(=O)O)C1. The summed E-state index contributed by atoms with van der Waals surface area (Å²) in [7, 11) is 1.57. The van der Waals surface area contributed by atoms with Gasteiger partial charge in [0, 0.05) is 20.2 Å². The minimum atomic E-state index is -1.42. The third-order valence-corrected chi connectivity index (χ3v) is 3.23. The fourth-order valence-electron chi connectivity index (χ4n) is 2.14. The molecular formula is C13H15FN2O4. The highest BCUT2D eigenvalue weighted by atomic mass is 19.1. The number of hydrogen-bond acceptors (Lipinski definition) is 3. The molecule has 7 heteroatoms. The third-order valence-electron chi connectivity index (χ3n) is 3.23. The number of ether oxygens (including phenoxy) is 1. The van der Waals surface area contributed by atoms with Gasteiger partial charge in [0.25, 0.3) is 0 Å². The molecule has 108 valence electrons. The van der Waals surface area contributed by atoms with E-state index >= 15 is 0 Å². The molecule has 1 fully saturated rings. The molecule has 0 aromatic heterocycles. The fourth-order valence-corrected chi connectivity index (χ4v) is 2.14. The summed E-state index contributed by atoms with van der Waals surface area (Å²) >= 11 is 0. The molecule has 1 saturated heterocycles. The van der Waals surface area contributed by atoms with Crippen LogP contribution in [0.15, 0.2) is 18.2 Å². The van der Waals surface area contributed by atoms with Crippen LogP contribution >= 0.6 is 0 Å². The molecule has 2 N–H and O–H groups in total. The lowest BCUT2D eigenvalue weighted by Gasteiger charge is -2.18. The van der Waals surface area contributed by atoms with E-state index in [1.165, 1.54) is 17.0 Å². The number of halogens is 1. The largest absolute Gasteiger partial charge is 0.478 e. The average Bonchev–Trinajstić information content (AvgIpc) is 2.87. The lowest BCUT2D eigenvalue weighted by atomic mass is 10.1. The van der Waals surface area contributed by atoms with Gasteiger partial charge in [0.05, 0.1) is 11.8 Å². The number of carbonyl (C=O) groups is 2. The molecular weight excluding hydrogens is 267 g/mol. The van der Waals surface area contributed by atoms with E-state index in [2.05, 4.69) is 5.32 Å². The highest BCUT2D eigenvalue weighted by Gasteiger charge is 2.27. The molecule has 1 aliphatic rings. The van der Waals surface area contributed by atoms with E-state index in [0.29, 0.717) is 13.1 Å². The maximum absolute atomic E-state index is 13.5. The standard InChI is InChI=1S/C13H15FN2O4/c1-20-8-5-6-16(7-8)13(19)15-10-4-2-3-9(14)11(10)12(17)18/h2-4,8H,5-7H2,1H3,(H,15,19)(H,17,18). The lowest BCUT2D eigenvalue weighted by Crippen LogP contribution is -2.34. The Morgan fingerprint density at radius 2 is 2.25 bits per heavy atom. The van der Waals surface area contributed by atoms with Crippen molar-refractivity contribution in [2.24, 2.45) is 0 Å². The van der Waals surface area contributed by atoms with Crippen LogP contribution in [0.2, 0.25) is 0 Å². The summed E-state index contributed by atoms with van der Waals surface area (Å²) in [4.78, 5) is 24.5.